The van der Waals surface area contributed by atoms with Gasteiger partial charge in [0, 0.05) is 24.2 Å². The van der Waals surface area contributed by atoms with Crippen LogP contribution in [-0.4, -0.2) is 29.2 Å². The largest absolute Gasteiger partial charge is 0.444 e. The summed E-state index contributed by atoms with van der Waals surface area (Å²) in [4.78, 5) is 14.5. The van der Waals surface area contributed by atoms with Gasteiger partial charge in [0.05, 0.1) is 0 Å². The van der Waals surface area contributed by atoms with Gasteiger partial charge in [-0.2, -0.15) is 0 Å². The summed E-state index contributed by atoms with van der Waals surface area (Å²) in [6.45, 7) is 6.60. The Labute approximate surface area is 132 Å². The van der Waals surface area contributed by atoms with Crippen molar-refractivity contribution in [2.24, 2.45) is 5.92 Å². The van der Waals surface area contributed by atoms with Gasteiger partial charge < -0.3 is 15.4 Å². The maximum absolute atomic E-state index is 12.5. The molecule has 2 saturated carbocycles. The van der Waals surface area contributed by atoms with Gasteiger partial charge in [0.2, 0.25) is 0 Å². The molecule has 0 heterocycles. The highest BCUT2D eigenvalue weighted by Crippen LogP contribution is 2.46. The molecule has 0 aliphatic heterocycles. The van der Waals surface area contributed by atoms with Crippen molar-refractivity contribution >= 4 is 11.8 Å². The second-order valence-electron chi connectivity index (χ2n) is 7.65. The van der Waals surface area contributed by atoms with Crippen LogP contribution in [0, 0.1) is 5.92 Å². The molecular weight excluding hydrogens is 276 g/mol. The Balaban J connectivity index is 1.68. The van der Waals surface area contributed by atoms with Crippen molar-refractivity contribution in [2.75, 3.05) is 12.3 Å². The zero-order chi connectivity index (χ0) is 15.9. The van der Waals surface area contributed by atoms with Crippen molar-refractivity contribution < 1.29 is 9.53 Å². The lowest BCUT2D eigenvalue weighted by Crippen LogP contribution is -2.40. The summed E-state index contributed by atoms with van der Waals surface area (Å²) in [5, 5.41) is 0. The minimum atomic E-state index is -0.440. The van der Waals surface area contributed by atoms with E-state index in [9.17, 15) is 4.79 Å². The van der Waals surface area contributed by atoms with Crippen LogP contribution >= 0.6 is 0 Å². The van der Waals surface area contributed by atoms with Crippen LogP contribution in [0.2, 0.25) is 0 Å². The molecule has 0 unspecified atom stereocenters. The molecule has 1 amide bonds. The van der Waals surface area contributed by atoms with Crippen LogP contribution in [0.25, 0.3) is 0 Å². The molecule has 1 aromatic carbocycles. The topological polar surface area (TPSA) is 55.6 Å². The Morgan fingerprint density at radius 1 is 1.27 bits per heavy atom. The van der Waals surface area contributed by atoms with Crippen LogP contribution in [0.15, 0.2) is 24.3 Å². The average molecular weight is 302 g/mol. The van der Waals surface area contributed by atoms with Crippen LogP contribution in [-0.2, 0) is 4.74 Å². The zero-order valence-corrected chi connectivity index (χ0v) is 13.7. The summed E-state index contributed by atoms with van der Waals surface area (Å²) in [6, 6.07) is 8.29. The Bertz CT molecular complexity index is 543. The summed E-state index contributed by atoms with van der Waals surface area (Å²) < 4.78 is 5.60. The van der Waals surface area contributed by atoms with Crippen molar-refractivity contribution in [1.82, 2.24) is 4.90 Å². The molecule has 1 aromatic rings. The molecule has 120 valence electrons. The van der Waals surface area contributed by atoms with Crippen molar-refractivity contribution in [3.8, 4) is 0 Å². The minimum Gasteiger partial charge on any atom is -0.444 e. The Hall–Kier alpha value is -1.71. The number of ether oxygens (including phenoxy) is 1. The van der Waals surface area contributed by atoms with Crippen LogP contribution in [0.1, 0.15) is 51.5 Å². The van der Waals surface area contributed by atoms with Gasteiger partial charge in [-0.15, -0.1) is 0 Å². The monoisotopic (exact) mass is 302 g/mol. The number of amides is 1. The lowest BCUT2D eigenvalue weighted by Gasteiger charge is -2.28. The minimum absolute atomic E-state index is 0.164. The second kappa shape index (κ2) is 5.49. The Kier molecular flexibility index (Phi) is 3.79. The van der Waals surface area contributed by atoms with Crippen LogP contribution in [0.4, 0.5) is 10.5 Å². The molecule has 4 heteroatoms. The predicted molar refractivity (Wildman–Crippen MR) is 87.7 cm³/mol. The molecule has 0 bridgehead atoms. The quantitative estimate of drug-likeness (QED) is 0.861. The molecule has 2 aliphatic rings. The van der Waals surface area contributed by atoms with Gasteiger partial charge in [-0.05, 0) is 63.6 Å². The number of carbonyl (C=O) groups is 1. The highest BCUT2D eigenvalue weighted by molar-refractivity contribution is 5.69. The molecular formula is C18H26N2O2. The zero-order valence-electron chi connectivity index (χ0n) is 13.7. The summed E-state index contributed by atoms with van der Waals surface area (Å²) in [6.07, 6.45) is 3.33. The average Bonchev–Trinajstić information content (AvgIpc) is 3.29. The number of rotatable bonds is 4. The Morgan fingerprint density at radius 3 is 2.45 bits per heavy atom. The standard InChI is InChI=1S/C18H26N2O2/c1-18(2,3)22-17(21)20(11-12-4-5-12)16-10-15(16)13-6-8-14(19)9-7-13/h6-9,12,15-16H,4-5,10-11,19H2,1-3H3/t15-,16+/m0/s1. The third kappa shape index (κ3) is 3.73. The first-order valence-electron chi connectivity index (χ1n) is 8.18. The summed E-state index contributed by atoms with van der Waals surface area (Å²) >= 11 is 0. The van der Waals surface area contributed by atoms with E-state index in [0.717, 1.165) is 18.7 Å². The summed E-state index contributed by atoms with van der Waals surface area (Å²) in [7, 11) is 0. The highest BCUT2D eigenvalue weighted by Gasteiger charge is 2.47. The van der Waals surface area contributed by atoms with Gasteiger partial charge in [0.1, 0.15) is 5.60 Å². The predicted octanol–water partition coefficient (Wildman–Crippen LogP) is 3.77. The van der Waals surface area contributed by atoms with E-state index in [2.05, 4.69) is 12.1 Å². The lowest BCUT2D eigenvalue weighted by atomic mass is 10.1. The Morgan fingerprint density at radius 2 is 1.91 bits per heavy atom. The SMILES string of the molecule is CC(C)(C)OC(=O)N(CC1CC1)[C@@H]1C[C@H]1c1ccc(N)cc1. The number of hydrogen-bond donors (Lipinski definition) is 1. The van der Waals surface area contributed by atoms with Gasteiger partial charge in [0.25, 0.3) is 0 Å². The molecule has 0 aromatic heterocycles. The first-order valence-corrected chi connectivity index (χ1v) is 8.18. The molecule has 2 fully saturated rings. The number of hydrogen-bond acceptors (Lipinski definition) is 3. The van der Waals surface area contributed by atoms with E-state index in [1.165, 1.54) is 18.4 Å². The summed E-state index contributed by atoms with van der Waals surface area (Å²) in [5.41, 5.74) is 7.36. The number of benzene rings is 1. The normalized spacial score (nSPS) is 24.0. The number of nitrogen functional groups attached to an aromatic ring is 1. The van der Waals surface area contributed by atoms with E-state index < -0.39 is 5.60 Å². The number of nitrogens with two attached hydrogens (primary N) is 1. The van der Waals surface area contributed by atoms with Crippen LogP contribution < -0.4 is 5.73 Å². The van der Waals surface area contributed by atoms with Crippen molar-refractivity contribution in [1.29, 1.82) is 0 Å². The number of nitrogens with zero attached hydrogens (tertiary/aromatic N) is 1. The molecule has 0 radical (unpaired) electrons. The maximum Gasteiger partial charge on any atom is 0.410 e. The van der Waals surface area contributed by atoms with E-state index in [0.29, 0.717) is 11.8 Å². The molecule has 2 N–H and O–H groups in total. The molecule has 22 heavy (non-hydrogen) atoms. The third-order valence-corrected chi connectivity index (χ3v) is 4.30. The lowest BCUT2D eigenvalue weighted by molar-refractivity contribution is 0.0220. The molecule has 4 nitrogen and oxygen atoms in total. The van der Waals surface area contributed by atoms with Gasteiger partial charge in [0.15, 0.2) is 0 Å². The first-order chi connectivity index (χ1) is 10.3. The van der Waals surface area contributed by atoms with E-state index in [1.807, 2.05) is 37.8 Å². The third-order valence-electron chi connectivity index (χ3n) is 4.30. The van der Waals surface area contributed by atoms with E-state index in [4.69, 9.17) is 10.5 Å². The second-order valence-corrected chi connectivity index (χ2v) is 7.65. The van der Waals surface area contributed by atoms with Gasteiger partial charge >= 0.3 is 6.09 Å². The fraction of sp³-hybridized carbons (Fsp3) is 0.611. The summed E-state index contributed by atoms with van der Waals surface area (Å²) in [5.74, 6) is 1.09. The van der Waals surface area contributed by atoms with Crippen molar-refractivity contribution in [3.63, 3.8) is 0 Å². The number of carbonyl (C=O) groups excluding carboxylic acids is 1. The first kappa shape index (κ1) is 15.2. The van der Waals surface area contributed by atoms with Crippen molar-refractivity contribution in [3.05, 3.63) is 29.8 Å². The fourth-order valence-corrected chi connectivity index (χ4v) is 2.87. The molecule has 0 spiro atoms. The van der Waals surface area contributed by atoms with Crippen LogP contribution in [0.3, 0.4) is 0 Å². The van der Waals surface area contributed by atoms with E-state index in [1.54, 1.807) is 0 Å². The van der Waals surface area contributed by atoms with Gasteiger partial charge in [-0.3, -0.25) is 0 Å². The fourth-order valence-electron chi connectivity index (χ4n) is 2.87. The van der Waals surface area contributed by atoms with Crippen molar-refractivity contribution in [2.45, 2.75) is 57.6 Å². The smallest absolute Gasteiger partial charge is 0.410 e. The highest BCUT2D eigenvalue weighted by atomic mass is 16.6. The molecule has 2 atom stereocenters. The van der Waals surface area contributed by atoms with E-state index in [-0.39, 0.29) is 12.1 Å². The number of anilines is 1. The maximum atomic E-state index is 12.5. The van der Waals surface area contributed by atoms with Crippen LogP contribution in [0.5, 0.6) is 0 Å². The van der Waals surface area contributed by atoms with E-state index >= 15 is 0 Å². The van der Waals surface area contributed by atoms with Gasteiger partial charge in [-0.25, -0.2) is 4.79 Å². The molecule has 3 rings (SSSR count). The van der Waals surface area contributed by atoms with Gasteiger partial charge in [-0.1, -0.05) is 12.1 Å². The molecule has 0 saturated heterocycles. The molecule has 2 aliphatic carbocycles.